The molecule has 2 N–H and O–H groups in total. The first-order valence-electron chi connectivity index (χ1n) is 6.68. The fourth-order valence-electron chi connectivity index (χ4n) is 1.99. The molecule has 0 saturated heterocycles. The number of nitrogens with zero attached hydrogens (tertiary/aromatic N) is 1. The van der Waals surface area contributed by atoms with Crippen molar-refractivity contribution in [1.29, 1.82) is 0 Å². The summed E-state index contributed by atoms with van der Waals surface area (Å²) in [7, 11) is 3.06. The Kier molecular flexibility index (Phi) is 4.55. The van der Waals surface area contributed by atoms with Crippen LogP contribution in [0.5, 0.6) is 17.2 Å². The van der Waals surface area contributed by atoms with Crippen LogP contribution in [0.25, 0.3) is 11.3 Å². The van der Waals surface area contributed by atoms with E-state index in [1.807, 2.05) is 13.8 Å². The number of aromatic carboxylic acids is 1. The zero-order valence-electron chi connectivity index (χ0n) is 12.8. The third kappa shape index (κ3) is 3.13. The van der Waals surface area contributed by atoms with Crippen LogP contribution in [0, 0.1) is 0 Å². The van der Waals surface area contributed by atoms with Crippen molar-refractivity contribution in [2.75, 3.05) is 14.2 Å². The highest BCUT2D eigenvalue weighted by molar-refractivity contribution is 5.87. The van der Waals surface area contributed by atoms with E-state index in [9.17, 15) is 4.79 Å². The largest absolute Gasteiger partial charge is 0.496 e. The standard InChI is InChI=1S/C15H18N2O5/c1-8(2)22-14-7-12(20-3)9(5-13(14)21-4)10-6-11(15(18)19)17-16-10/h5-8H,1-4H3,(H,16,17)(H,18,19). The maximum atomic E-state index is 11.0. The molecule has 2 aromatic rings. The second kappa shape index (κ2) is 6.38. The van der Waals surface area contributed by atoms with Gasteiger partial charge in [0.05, 0.1) is 26.0 Å². The van der Waals surface area contributed by atoms with Gasteiger partial charge in [-0.1, -0.05) is 0 Å². The van der Waals surface area contributed by atoms with Gasteiger partial charge in [-0.25, -0.2) is 4.79 Å². The average molecular weight is 306 g/mol. The van der Waals surface area contributed by atoms with Crippen LogP contribution < -0.4 is 14.2 Å². The van der Waals surface area contributed by atoms with Crippen molar-refractivity contribution in [1.82, 2.24) is 10.2 Å². The van der Waals surface area contributed by atoms with Crippen LogP contribution in [0.4, 0.5) is 0 Å². The summed E-state index contributed by atoms with van der Waals surface area (Å²) in [6.07, 6.45) is -0.0200. The van der Waals surface area contributed by atoms with Crippen molar-refractivity contribution in [2.45, 2.75) is 20.0 Å². The summed E-state index contributed by atoms with van der Waals surface area (Å²) in [4.78, 5) is 11.0. The minimum absolute atomic E-state index is 0.00136. The summed E-state index contributed by atoms with van der Waals surface area (Å²) in [5.41, 5.74) is 1.06. The maximum absolute atomic E-state index is 11.0. The van der Waals surface area contributed by atoms with E-state index in [0.29, 0.717) is 28.5 Å². The Morgan fingerprint density at radius 2 is 1.82 bits per heavy atom. The normalized spacial score (nSPS) is 10.6. The Morgan fingerprint density at radius 3 is 2.32 bits per heavy atom. The monoisotopic (exact) mass is 306 g/mol. The number of carboxylic acids is 1. The highest BCUT2D eigenvalue weighted by Gasteiger charge is 2.18. The molecule has 1 aromatic heterocycles. The van der Waals surface area contributed by atoms with Gasteiger partial charge >= 0.3 is 5.97 Å². The van der Waals surface area contributed by atoms with E-state index >= 15 is 0 Å². The number of methoxy groups -OCH3 is 2. The van der Waals surface area contributed by atoms with Gasteiger partial charge in [-0.15, -0.1) is 0 Å². The minimum atomic E-state index is -1.08. The van der Waals surface area contributed by atoms with Crippen LogP contribution in [0.3, 0.4) is 0 Å². The third-order valence-corrected chi connectivity index (χ3v) is 2.93. The first-order chi connectivity index (χ1) is 10.5. The molecule has 0 atom stereocenters. The van der Waals surface area contributed by atoms with Gasteiger partial charge in [-0.2, -0.15) is 5.10 Å². The Labute approximate surface area is 127 Å². The van der Waals surface area contributed by atoms with Crippen molar-refractivity contribution in [2.24, 2.45) is 0 Å². The third-order valence-electron chi connectivity index (χ3n) is 2.93. The Hall–Kier alpha value is -2.70. The molecule has 1 heterocycles. The Morgan fingerprint density at radius 1 is 1.14 bits per heavy atom. The first kappa shape index (κ1) is 15.7. The quantitative estimate of drug-likeness (QED) is 0.852. The molecule has 7 heteroatoms. The lowest BCUT2D eigenvalue weighted by molar-refractivity contribution is 0.0690. The van der Waals surface area contributed by atoms with Crippen LogP contribution in [0.1, 0.15) is 24.3 Å². The molecule has 7 nitrogen and oxygen atoms in total. The van der Waals surface area contributed by atoms with Gasteiger partial charge in [0, 0.05) is 11.6 Å². The van der Waals surface area contributed by atoms with Crippen LogP contribution in [0.2, 0.25) is 0 Å². The lowest BCUT2D eigenvalue weighted by atomic mass is 10.1. The molecule has 0 aliphatic heterocycles. The van der Waals surface area contributed by atoms with Gasteiger partial charge in [0.1, 0.15) is 11.4 Å². The SMILES string of the molecule is COc1cc(-c2cc(C(=O)O)[nH]n2)c(OC)cc1OC(C)C. The van der Waals surface area contributed by atoms with E-state index < -0.39 is 5.97 Å². The molecular weight excluding hydrogens is 288 g/mol. The summed E-state index contributed by atoms with van der Waals surface area (Å²) < 4.78 is 16.4. The van der Waals surface area contributed by atoms with E-state index in [1.54, 1.807) is 12.1 Å². The van der Waals surface area contributed by atoms with Gasteiger partial charge in [0.15, 0.2) is 11.5 Å². The summed E-state index contributed by atoms with van der Waals surface area (Å²) >= 11 is 0. The van der Waals surface area contributed by atoms with Gasteiger partial charge in [0.2, 0.25) is 0 Å². The lowest BCUT2D eigenvalue weighted by Crippen LogP contribution is -2.07. The van der Waals surface area contributed by atoms with Crippen molar-refractivity contribution >= 4 is 5.97 Å². The number of carbonyl (C=O) groups is 1. The molecule has 118 valence electrons. The molecule has 0 unspecified atom stereocenters. The number of ether oxygens (including phenoxy) is 3. The van der Waals surface area contributed by atoms with Crippen molar-refractivity contribution in [3.63, 3.8) is 0 Å². The number of benzene rings is 1. The average Bonchev–Trinajstić information content (AvgIpc) is 2.96. The molecule has 22 heavy (non-hydrogen) atoms. The molecule has 0 bridgehead atoms. The number of hydrogen-bond acceptors (Lipinski definition) is 5. The minimum Gasteiger partial charge on any atom is -0.496 e. The van der Waals surface area contributed by atoms with E-state index in [1.165, 1.54) is 20.3 Å². The number of nitrogens with one attached hydrogen (secondary N) is 1. The molecule has 0 radical (unpaired) electrons. The predicted octanol–water partition coefficient (Wildman–Crippen LogP) is 2.58. The lowest BCUT2D eigenvalue weighted by Gasteiger charge is -2.16. The van der Waals surface area contributed by atoms with E-state index in [4.69, 9.17) is 19.3 Å². The Bertz CT molecular complexity index is 679. The molecule has 0 saturated carbocycles. The molecule has 0 fully saturated rings. The molecule has 0 aliphatic carbocycles. The number of aromatic amines is 1. The van der Waals surface area contributed by atoms with Gasteiger partial charge in [-0.3, -0.25) is 5.10 Å². The molecule has 0 aliphatic rings. The van der Waals surface area contributed by atoms with Crippen LogP contribution in [0.15, 0.2) is 18.2 Å². The fraction of sp³-hybridized carbons (Fsp3) is 0.333. The second-order valence-electron chi connectivity index (χ2n) is 4.84. The molecule has 2 rings (SSSR count). The molecular formula is C15H18N2O5. The topological polar surface area (TPSA) is 93.7 Å². The van der Waals surface area contributed by atoms with E-state index in [0.717, 1.165) is 0 Å². The number of aromatic nitrogens is 2. The molecule has 0 amide bonds. The van der Waals surface area contributed by atoms with Gasteiger partial charge in [0.25, 0.3) is 0 Å². The van der Waals surface area contributed by atoms with Crippen molar-refractivity contribution in [3.05, 3.63) is 23.9 Å². The predicted molar refractivity (Wildman–Crippen MR) is 79.9 cm³/mol. The van der Waals surface area contributed by atoms with E-state index in [2.05, 4.69) is 10.2 Å². The van der Waals surface area contributed by atoms with E-state index in [-0.39, 0.29) is 11.8 Å². The Balaban J connectivity index is 2.52. The zero-order valence-corrected chi connectivity index (χ0v) is 12.8. The highest BCUT2D eigenvalue weighted by Crippen LogP contribution is 2.40. The molecule has 1 aromatic carbocycles. The second-order valence-corrected chi connectivity index (χ2v) is 4.84. The molecule has 0 spiro atoms. The number of H-pyrrole nitrogens is 1. The van der Waals surface area contributed by atoms with Gasteiger partial charge < -0.3 is 19.3 Å². The number of hydrogen-bond donors (Lipinski definition) is 2. The van der Waals surface area contributed by atoms with Crippen LogP contribution in [-0.2, 0) is 0 Å². The fourth-order valence-corrected chi connectivity index (χ4v) is 1.99. The summed E-state index contributed by atoms with van der Waals surface area (Å²) in [5.74, 6) is 0.501. The van der Waals surface area contributed by atoms with Crippen molar-refractivity contribution in [3.8, 4) is 28.5 Å². The van der Waals surface area contributed by atoms with Crippen LogP contribution in [-0.4, -0.2) is 41.6 Å². The number of carboxylic acid groups (broad SMARTS) is 1. The van der Waals surface area contributed by atoms with Crippen LogP contribution >= 0.6 is 0 Å². The van der Waals surface area contributed by atoms with Crippen molar-refractivity contribution < 1.29 is 24.1 Å². The maximum Gasteiger partial charge on any atom is 0.353 e. The smallest absolute Gasteiger partial charge is 0.353 e. The summed E-state index contributed by atoms with van der Waals surface area (Å²) in [6.45, 7) is 3.82. The first-order valence-corrected chi connectivity index (χ1v) is 6.68. The van der Waals surface area contributed by atoms with Gasteiger partial charge in [-0.05, 0) is 26.0 Å². The highest BCUT2D eigenvalue weighted by atomic mass is 16.5. The summed E-state index contributed by atoms with van der Waals surface area (Å²) in [6, 6.07) is 4.84. The zero-order chi connectivity index (χ0) is 16.3. The summed E-state index contributed by atoms with van der Waals surface area (Å²) in [5, 5.41) is 15.4. The number of rotatable bonds is 6.